The van der Waals surface area contributed by atoms with Crippen molar-refractivity contribution >= 4 is 23.6 Å². The number of carbonyl (C=O) groups excluding carboxylic acids is 1. The van der Waals surface area contributed by atoms with Crippen molar-refractivity contribution < 1.29 is 14.7 Å². The van der Waals surface area contributed by atoms with Gasteiger partial charge in [-0.15, -0.1) is 0 Å². The van der Waals surface area contributed by atoms with Gasteiger partial charge in [-0.3, -0.25) is 4.79 Å². The van der Waals surface area contributed by atoms with Crippen LogP contribution >= 0.6 is 11.6 Å². The highest BCUT2D eigenvalue weighted by molar-refractivity contribution is 6.30. The molecule has 1 aromatic rings. The fraction of sp³-hybridized carbons (Fsp3) is 0.385. The number of carboxylic acids is 1. The SMILES string of the molecule is CC(C)N(CC(=O)O)C(=O)NCc1ccc(Cl)cc1. The van der Waals surface area contributed by atoms with Gasteiger partial charge in [0.2, 0.25) is 0 Å². The predicted octanol–water partition coefficient (Wildman–Crippen LogP) is 2.34. The van der Waals surface area contributed by atoms with E-state index < -0.39 is 12.0 Å². The Labute approximate surface area is 117 Å². The summed E-state index contributed by atoms with van der Waals surface area (Å²) < 4.78 is 0. The summed E-state index contributed by atoms with van der Waals surface area (Å²) in [5.74, 6) is -1.03. The minimum Gasteiger partial charge on any atom is -0.480 e. The maximum absolute atomic E-state index is 11.9. The normalized spacial score (nSPS) is 10.3. The van der Waals surface area contributed by atoms with E-state index in [0.29, 0.717) is 11.6 Å². The average molecular weight is 285 g/mol. The quantitative estimate of drug-likeness (QED) is 0.872. The lowest BCUT2D eigenvalue weighted by Crippen LogP contribution is -2.46. The lowest BCUT2D eigenvalue weighted by atomic mass is 10.2. The number of amides is 2. The number of carbonyl (C=O) groups is 2. The first-order valence-electron chi connectivity index (χ1n) is 5.91. The Kier molecular flexibility index (Phi) is 5.63. The Balaban J connectivity index is 2.57. The highest BCUT2D eigenvalue weighted by Crippen LogP contribution is 2.09. The topological polar surface area (TPSA) is 69.6 Å². The van der Waals surface area contributed by atoms with Crippen LogP contribution in [0.5, 0.6) is 0 Å². The van der Waals surface area contributed by atoms with Gasteiger partial charge in [0, 0.05) is 17.6 Å². The first-order chi connectivity index (χ1) is 8.90. The Morgan fingerprint density at radius 1 is 1.32 bits per heavy atom. The number of aliphatic carboxylic acids is 1. The van der Waals surface area contributed by atoms with Crippen LogP contribution in [-0.4, -0.2) is 34.6 Å². The van der Waals surface area contributed by atoms with Gasteiger partial charge in [0.15, 0.2) is 0 Å². The third kappa shape index (κ3) is 5.18. The molecule has 0 saturated carbocycles. The standard InChI is InChI=1S/C13H17ClN2O3/c1-9(2)16(8-12(17)18)13(19)15-7-10-3-5-11(14)6-4-10/h3-6,9H,7-8H2,1-2H3,(H,15,19)(H,17,18). The first kappa shape index (κ1) is 15.3. The van der Waals surface area contributed by atoms with Crippen molar-refractivity contribution in [2.24, 2.45) is 0 Å². The summed E-state index contributed by atoms with van der Waals surface area (Å²) in [5, 5.41) is 12.1. The molecule has 0 aliphatic carbocycles. The van der Waals surface area contributed by atoms with Crippen LogP contribution in [0.15, 0.2) is 24.3 Å². The van der Waals surface area contributed by atoms with E-state index in [1.165, 1.54) is 4.90 Å². The minimum atomic E-state index is -1.03. The monoisotopic (exact) mass is 284 g/mol. The summed E-state index contributed by atoms with van der Waals surface area (Å²) in [7, 11) is 0. The zero-order valence-corrected chi connectivity index (χ0v) is 11.6. The van der Waals surface area contributed by atoms with E-state index in [-0.39, 0.29) is 12.6 Å². The largest absolute Gasteiger partial charge is 0.480 e. The second-order valence-electron chi connectivity index (χ2n) is 4.40. The van der Waals surface area contributed by atoms with E-state index in [1.54, 1.807) is 38.1 Å². The number of nitrogens with one attached hydrogen (secondary N) is 1. The molecule has 6 heteroatoms. The van der Waals surface area contributed by atoms with Gasteiger partial charge >= 0.3 is 12.0 Å². The number of halogens is 1. The van der Waals surface area contributed by atoms with Gasteiger partial charge in [0.05, 0.1) is 0 Å². The summed E-state index contributed by atoms with van der Waals surface area (Å²) in [6.07, 6.45) is 0. The lowest BCUT2D eigenvalue weighted by molar-refractivity contribution is -0.138. The molecule has 0 fully saturated rings. The van der Waals surface area contributed by atoms with Crippen LogP contribution in [0.1, 0.15) is 19.4 Å². The Morgan fingerprint density at radius 2 is 1.89 bits per heavy atom. The summed E-state index contributed by atoms with van der Waals surface area (Å²) in [6, 6.07) is 6.51. The van der Waals surface area contributed by atoms with Crippen LogP contribution in [0.3, 0.4) is 0 Å². The molecule has 2 N–H and O–H groups in total. The number of rotatable bonds is 5. The van der Waals surface area contributed by atoms with Crippen LogP contribution in [0.25, 0.3) is 0 Å². The fourth-order valence-electron chi connectivity index (χ4n) is 1.52. The molecule has 5 nitrogen and oxygen atoms in total. The van der Waals surface area contributed by atoms with E-state index in [1.807, 2.05) is 0 Å². The fourth-order valence-corrected chi connectivity index (χ4v) is 1.64. The Hall–Kier alpha value is -1.75. The molecule has 19 heavy (non-hydrogen) atoms. The zero-order valence-electron chi connectivity index (χ0n) is 10.9. The molecule has 0 spiro atoms. The van der Waals surface area contributed by atoms with Gasteiger partial charge in [0.1, 0.15) is 6.54 Å². The maximum atomic E-state index is 11.9. The molecule has 0 atom stereocenters. The van der Waals surface area contributed by atoms with Crippen molar-refractivity contribution in [2.75, 3.05) is 6.54 Å². The number of urea groups is 1. The van der Waals surface area contributed by atoms with Gasteiger partial charge in [-0.2, -0.15) is 0 Å². The van der Waals surface area contributed by atoms with Crippen LogP contribution in [0.4, 0.5) is 4.79 Å². The molecule has 0 unspecified atom stereocenters. The number of hydrogen-bond donors (Lipinski definition) is 2. The molecule has 1 rings (SSSR count). The lowest BCUT2D eigenvalue weighted by Gasteiger charge is -2.25. The highest BCUT2D eigenvalue weighted by atomic mass is 35.5. The number of benzene rings is 1. The molecule has 104 valence electrons. The van der Waals surface area contributed by atoms with Crippen LogP contribution in [0.2, 0.25) is 5.02 Å². The van der Waals surface area contributed by atoms with Crippen molar-refractivity contribution in [3.63, 3.8) is 0 Å². The van der Waals surface area contributed by atoms with Gasteiger partial charge < -0.3 is 15.3 Å². The average Bonchev–Trinajstić information content (AvgIpc) is 2.34. The Morgan fingerprint density at radius 3 is 2.37 bits per heavy atom. The van der Waals surface area contributed by atoms with E-state index in [2.05, 4.69) is 5.32 Å². The minimum absolute atomic E-state index is 0.179. The molecule has 0 heterocycles. The molecule has 0 saturated heterocycles. The highest BCUT2D eigenvalue weighted by Gasteiger charge is 2.19. The van der Waals surface area contributed by atoms with Crippen LogP contribution in [-0.2, 0) is 11.3 Å². The summed E-state index contributed by atoms with van der Waals surface area (Å²) in [4.78, 5) is 23.8. The zero-order chi connectivity index (χ0) is 14.4. The molecule has 0 aromatic heterocycles. The van der Waals surface area contributed by atoms with Crippen LogP contribution < -0.4 is 5.32 Å². The van der Waals surface area contributed by atoms with Gasteiger partial charge in [-0.1, -0.05) is 23.7 Å². The van der Waals surface area contributed by atoms with Crippen molar-refractivity contribution in [1.82, 2.24) is 10.2 Å². The van der Waals surface area contributed by atoms with E-state index in [0.717, 1.165) is 5.56 Å². The van der Waals surface area contributed by atoms with Gasteiger partial charge in [-0.25, -0.2) is 4.79 Å². The predicted molar refractivity (Wildman–Crippen MR) is 73.2 cm³/mol. The molecule has 0 bridgehead atoms. The number of carboxylic acid groups (broad SMARTS) is 1. The molecular formula is C13H17ClN2O3. The maximum Gasteiger partial charge on any atom is 0.323 e. The van der Waals surface area contributed by atoms with E-state index in [9.17, 15) is 9.59 Å². The van der Waals surface area contributed by atoms with Crippen molar-refractivity contribution in [3.8, 4) is 0 Å². The number of hydrogen-bond acceptors (Lipinski definition) is 2. The van der Waals surface area contributed by atoms with E-state index in [4.69, 9.17) is 16.7 Å². The third-order valence-corrected chi connectivity index (χ3v) is 2.80. The van der Waals surface area contributed by atoms with Crippen molar-refractivity contribution in [1.29, 1.82) is 0 Å². The molecule has 0 aliphatic heterocycles. The third-order valence-electron chi connectivity index (χ3n) is 2.55. The first-order valence-corrected chi connectivity index (χ1v) is 6.28. The smallest absolute Gasteiger partial charge is 0.323 e. The molecule has 2 amide bonds. The van der Waals surface area contributed by atoms with Crippen molar-refractivity contribution in [2.45, 2.75) is 26.4 Å². The second-order valence-corrected chi connectivity index (χ2v) is 4.84. The molecule has 1 aromatic carbocycles. The summed E-state index contributed by atoms with van der Waals surface area (Å²) in [5.41, 5.74) is 0.900. The summed E-state index contributed by atoms with van der Waals surface area (Å²) in [6.45, 7) is 3.55. The summed E-state index contributed by atoms with van der Waals surface area (Å²) >= 11 is 5.76. The van der Waals surface area contributed by atoms with E-state index >= 15 is 0 Å². The second kappa shape index (κ2) is 6.99. The van der Waals surface area contributed by atoms with Gasteiger partial charge in [0.25, 0.3) is 0 Å². The Bertz CT molecular complexity index is 446. The van der Waals surface area contributed by atoms with Crippen molar-refractivity contribution in [3.05, 3.63) is 34.9 Å². The number of nitrogens with zero attached hydrogens (tertiary/aromatic N) is 1. The molecule has 0 radical (unpaired) electrons. The molecule has 0 aliphatic rings. The van der Waals surface area contributed by atoms with Crippen LogP contribution in [0, 0.1) is 0 Å². The van der Waals surface area contributed by atoms with Gasteiger partial charge in [-0.05, 0) is 31.5 Å². The molecular weight excluding hydrogens is 268 g/mol.